The van der Waals surface area contributed by atoms with E-state index >= 15 is 0 Å². The van der Waals surface area contributed by atoms with Crippen molar-refractivity contribution in [1.82, 2.24) is 9.97 Å². The summed E-state index contributed by atoms with van der Waals surface area (Å²) >= 11 is 6.08. The molecule has 2 N–H and O–H groups in total. The van der Waals surface area contributed by atoms with Crippen molar-refractivity contribution in [3.63, 3.8) is 0 Å². The van der Waals surface area contributed by atoms with Crippen molar-refractivity contribution in [3.8, 4) is 0 Å². The van der Waals surface area contributed by atoms with E-state index in [0.717, 1.165) is 19.5 Å². The number of hydrogen-bond acceptors (Lipinski definition) is 5. The van der Waals surface area contributed by atoms with Crippen molar-refractivity contribution in [3.05, 3.63) is 11.3 Å². The number of halogens is 1. The molecule has 1 aliphatic heterocycles. The summed E-state index contributed by atoms with van der Waals surface area (Å²) in [6, 6.07) is 0. The molecule has 0 bridgehead atoms. The second-order valence-corrected chi connectivity index (χ2v) is 4.12. The maximum atomic E-state index is 6.08. The third-order valence-electron chi connectivity index (χ3n) is 2.69. The number of anilines is 2. The molecule has 2 heterocycles. The third kappa shape index (κ3) is 2.20. The van der Waals surface area contributed by atoms with Gasteiger partial charge in [0.2, 0.25) is 0 Å². The van der Waals surface area contributed by atoms with Crippen LogP contribution in [0.1, 0.15) is 13.3 Å². The summed E-state index contributed by atoms with van der Waals surface area (Å²) in [4.78, 5) is 10.1. The monoisotopic (exact) mass is 242 g/mol. The topological polar surface area (TPSA) is 64.3 Å². The first kappa shape index (κ1) is 11.4. The van der Waals surface area contributed by atoms with E-state index in [0.29, 0.717) is 23.3 Å². The molecule has 1 aliphatic rings. The van der Waals surface area contributed by atoms with Crippen LogP contribution in [-0.4, -0.2) is 35.8 Å². The van der Waals surface area contributed by atoms with Gasteiger partial charge < -0.3 is 15.4 Å². The average molecular weight is 243 g/mol. The Morgan fingerprint density at radius 3 is 3.19 bits per heavy atom. The van der Waals surface area contributed by atoms with Gasteiger partial charge in [-0.05, 0) is 6.42 Å². The molecule has 0 aromatic carbocycles. The van der Waals surface area contributed by atoms with Crippen molar-refractivity contribution < 1.29 is 4.74 Å². The zero-order chi connectivity index (χ0) is 11.5. The van der Waals surface area contributed by atoms with Crippen LogP contribution in [0.4, 0.5) is 11.6 Å². The Balaban J connectivity index is 2.20. The fourth-order valence-corrected chi connectivity index (χ4v) is 1.97. The normalized spacial score (nSPS) is 21.1. The second kappa shape index (κ2) is 4.84. The van der Waals surface area contributed by atoms with Gasteiger partial charge in [-0.15, -0.1) is 0 Å². The van der Waals surface area contributed by atoms with E-state index in [4.69, 9.17) is 22.1 Å². The van der Waals surface area contributed by atoms with Gasteiger partial charge in [0, 0.05) is 13.1 Å². The van der Waals surface area contributed by atoms with E-state index in [-0.39, 0.29) is 6.10 Å². The van der Waals surface area contributed by atoms with E-state index in [1.807, 2.05) is 0 Å². The zero-order valence-corrected chi connectivity index (χ0v) is 9.94. The van der Waals surface area contributed by atoms with E-state index in [9.17, 15) is 0 Å². The van der Waals surface area contributed by atoms with E-state index in [1.54, 1.807) is 0 Å². The van der Waals surface area contributed by atoms with Gasteiger partial charge in [-0.25, -0.2) is 9.97 Å². The van der Waals surface area contributed by atoms with Crippen molar-refractivity contribution in [1.29, 1.82) is 0 Å². The van der Waals surface area contributed by atoms with Crippen LogP contribution in [0, 0.1) is 0 Å². The van der Waals surface area contributed by atoms with Gasteiger partial charge in [0.1, 0.15) is 17.2 Å². The number of nitrogens with zero attached hydrogens (tertiary/aromatic N) is 3. The fourth-order valence-electron chi connectivity index (χ4n) is 1.75. The molecule has 1 aromatic heterocycles. The van der Waals surface area contributed by atoms with Crippen LogP contribution in [-0.2, 0) is 4.74 Å². The minimum Gasteiger partial charge on any atom is -0.382 e. The number of hydrogen-bond donors (Lipinski definition) is 1. The molecule has 5 nitrogen and oxygen atoms in total. The lowest BCUT2D eigenvalue weighted by Crippen LogP contribution is -2.42. The SMILES string of the molecule is CCC1CN(c2ncnc(N)c2Cl)CCO1. The van der Waals surface area contributed by atoms with E-state index < -0.39 is 0 Å². The maximum Gasteiger partial charge on any atom is 0.153 e. The van der Waals surface area contributed by atoms with Gasteiger partial charge in [0.15, 0.2) is 5.82 Å². The molecule has 1 unspecified atom stereocenters. The zero-order valence-electron chi connectivity index (χ0n) is 9.19. The van der Waals surface area contributed by atoms with Gasteiger partial charge in [0.25, 0.3) is 0 Å². The summed E-state index contributed by atoms with van der Waals surface area (Å²) < 4.78 is 5.59. The summed E-state index contributed by atoms with van der Waals surface area (Å²) in [7, 11) is 0. The number of nitrogens with two attached hydrogens (primary N) is 1. The van der Waals surface area contributed by atoms with Crippen LogP contribution in [0.2, 0.25) is 5.02 Å². The summed E-state index contributed by atoms with van der Waals surface area (Å²) in [5.74, 6) is 1.03. The molecule has 0 spiro atoms. The van der Waals surface area contributed by atoms with Gasteiger partial charge >= 0.3 is 0 Å². The first-order valence-corrected chi connectivity index (χ1v) is 5.72. The molecule has 0 amide bonds. The Hall–Kier alpha value is -1.07. The van der Waals surface area contributed by atoms with Gasteiger partial charge in [-0.2, -0.15) is 0 Å². The average Bonchev–Trinajstić information content (AvgIpc) is 2.33. The van der Waals surface area contributed by atoms with Gasteiger partial charge in [-0.3, -0.25) is 0 Å². The molecule has 1 aromatic rings. The highest BCUT2D eigenvalue weighted by molar-refractivity contribution is 6.35. The number of morpholine rings is 1. The third-order valence-corrected chi connectivity index (χ3v) is 3.05. The van der Waals surface area contributed by atoms with Crippen molar-refractivity contribution in [2.24, 2.45) is 0 Å². The highest BCUT2D eigenvalue weighted by atomic mass is 35.5. The predicted octanol–water partition coefficient (Wildman–Crippen LogP) is 1.33. The number of nitrogen functional groups attached to an aromatic ring is 1. The van der Waals surface area contributed by atoms with Crippen LogP contribution in [0.3, 0.4) is 0 Å². The lowest BCUT2D eigenvalue weighted by atomic mass is 10.2. The Morgan fingerprint density at radius 1 is 1.62 bits per heavy atom. The van der Waals surface area contributed by atoms with Crippen LogP contribution in [0.15, 0.2) is 6.33 Å². The Kier molecular flexibility index (Phi) is 3.46. The molecule has 0 aliphatic carbocycles. The summed E-state index contributed by atoms with van der Waals surface area (Å²) in [6.45, 7) is 4.38. The van der Waals surface area contributed by atoms with Crippen molar-refractivity contribution >= 4 is 23.2 Å². The minimum atomic E-state index is 0.237. The fraction of sp³-hybridized carbons (Fsp3) is 0.600. The van der Waals surface area contributed by atoms with Gasteiger partial charge in [-0.1, -0.05) is 18.5 Å². The lowest BCUT2D eigenvalue weighted by Gasteiger charge is -2.33. The first-order valence-electron chi connectivity index (χ1n) is 5.35. The predicted molar refractivity (Wildman–Crippen MR) is 63.7 cm³/mol. The molecular weight excluding hydrogens is 228 g/mol. The standard InChI is InChI=1S/C10H15ClN4O/c1-2-7-5-15(3-4-16-7)10-8(11)9(12)13-6-14-10/h6-7H,2-5H2,1H3,(H2,12,13,14). The molecule has 0 saturated carbocycles. The van der Waals surface area contributed by atoms with Crippen LogP contribution >= 0.6 is 11.6 Å². The minimum absolute atomic E-state index is 0.237. The number of rotatable bonds is 2. The summed E-state index contributed by atoms with van der Waals surface area (Å²) in [6.07, 6.45) is 2.66. The Bertz CT molecular complexity index is 374. The highest BCUT2D eigenvalue weighted by Gasteiger charge is 2.22. The first-order chi connectivity index (χ1) is 7.72. The molecule has 1 saturated heterocycles. The van der Waals surface area contributed by atoms with Crippen molar-refractivity contribution in [2.45, 2.75) is 19.4 Å². The Labute approximate surface area is 99.6 Å². The quantitative estimate of drug-likeness (QED) is 0.848. The van der Waals surface area contributed by atoms with E-state index in [2.05, 4.69) is 21.8 Å². The van der Waals surface area contributed by atoms with Crippen LogP contribution in [0.25, 0.3) is 0 Å². The Morgan fingerprint density at radius 2 is 2.44 bits per heavy atom. The number of aromatic nitrogens is 2. The summed E-state index contributed by atoms with van der Waals surface area (Å²) in [5, 5.41) is 0.430. The van der Waals surface area contributed by atoms with Crippen LogP contribution in [0.5, 0.6) is 0 Å². The summed E-state index contributed by atoms with van der Waals surface area (Å²) in [5.41, 5.74) is 5.65. The van der Waals surface area contributed by atoms with Crippen molar-refractivity contribution in [2.75, 3.05) is 30.3 Å². The smallest absolute Gasteiger partial charge is 0.153 e. The second-order valence-electron chi connectivity index (χ2n) is 3.74. The molecule has 16 heavy (non-hydrogen) atoms. The molecule has 1 fully saturated rings. The highest BCUT2D eigenvalue weighted by Crippen LogP contribution is 2.28. The van der Waals surface area contributed by atoms with Crippen LogP contribution < -0.4 is 10.6 Å². The number of ether oxygens (including phenoxy) is 1. The largest absolute Gasteiger partial charge is 0.382 e. The molecule has 2 rings (SSSR count). The molecule has 1 atom stereocenters. The van der Waals surface area contributed by atoms with E-state index in [1.165, 1.54) is 6.33 Å². The molecular formula is C10H15ClN4O. The maximum absolute atomic E-state index is 6.08. The lowest BCUT2D eigenvalue weighted by molar-refractivity contribution is 0.0382. The molecule has 88 valence electrons. The van der Waals surface area contributed by atoms with Gasteiger partial charge in [0.05, 0.1) is 12.7 Å². The molecule has 0 radical (unpaired) electrons. The molecule has 6 heteroatoms.